The summed E-state index contributed by atoms with van der Waals surface area (Å²) in [4.78, 5) is 0. The Balaban J connectivity index is 2.31. The van der Waals surface area contributed by atoms with E-state index in [4.69, 9.17) is 10.5 Å². The summed E-state index contributed by atoms with van der Waals surface area (Å²) < 4.78 is 6.78. The number of benzene rings is 1. The molecule has 0 amide bonds. The van der Waals surface area contributed by atoms with Gasteiger partial charge in [0.25, 0.3) is 0 Å². The van der Waals surface area contributed by atoms with Crippen molar-refractivity contribution < 1.29 is 4.74 Å². The second kappa shape index (κ2) is 9.54. The first kappa shape index (κ1) is 15.7. The normalized spacial score (nSPS) is 12.6. The fourth-order valence-electron chi connectivity index (χ4n) is 1.88. The Bertz CT molecular complexity index is 330. The lowest BCUT2D eigenvalue weighted by molar-refractivity contribution is 0.118. The summed E-state index contributed by atoms with van der Waals surface area (Å²) in [5, 5.41) is 0. The zero-order chi connectivity index (χ0) is 13.2. The maximum atomic E-state index is 5.84. The lowest BCUT2D eigenvalue weighted by Crippen LogP contribution is -2.19. The van der Waals surface area contributed by atoms with Crippen LogP contribution in [0.4, 0.5) is 0 Å². The molecule has 0 aliphatic carbocycles. The van der Waals surface area contributed by atoms with Crippen LogP contribution in [0.25, 0.3) is 0 Å². The van der Waals surface area contributed by atoms with Crippen molar-refractivity contribution >= 4 is 15.9 Å². The number of nitrogens with two attached hydrogens (primary N) is 1. The van der Waals surface area contributed by atoms with E-state index < -0.39 is 0 Å². The number of hydrogen-bond acceptors (Lipinski definition) is 2. The molecule has 18 heavy (non-hydrogen) atoms. The van der Waals surface area contributed by atoms with E-state index >= 15 is 0 Å². The molecule has 0 radical (unpaired) electrons. The van der Waals surface area contributed by atoms with Gasteiger partial charge >= 0.3 is 0 Å². The highest BCUT2D eigenvalue weighted by Gasteiger charge is 2.09. The third-order valence-electron chi connectivity index (χ3n) is 3.11. The van der Waals surface area contributed by atoms with E-state index in [2.05, 4.69) is 41.1 Å². The van der Waals surface area contributed by atoms with E-state index in [1.165, 1.54) is 16.5 Å². The summed E-state index contributed by atoms with van der Waals surface area (Å²) in [7, 11) is 0. The summed E-state index contributed by atoms with van der Waals surface area (Å²) in [5.74, 6) is 0.505. The third kappa shape index (κ3) is 5.98. The largest absolute Gasteiger partial charge is 0.381 e. The summed E-state index contributed by atoms with van der Waals surface area (Å²) in [6.07, 6.45) is 4.41. The molecule has 0 saturated heterocycles. The predicted molar refractivity (Wildman–Crippen MR) is 80.7 cm³/mol. The zero-order valence-electron chi connectivity index (χ0n) is 11.2. The molecule has 0 bridgehead atoms. The van der Waals surface area contributed by atoms with Gasteiger partial charge in [0.2, 0.25) is 0 Å². The van der Waals surface area contributed by atoms with Crippen molar-refractivity contribution in [3.8, 4) is 0 Å². The van der Waals surface area contributed by atoms with Gasteiger partial charge in [-0.2, -0.15) is 0 Å². The van der Waals surface area contributed by atoms with Gasteiger partial charge in [-0.3, -0.25) is 0 Å². The highest BCUT2D eigenvalue weighted by Crippen LogP contribution is 2.20. The predicted octanol–water partition coefficient (Wildman–Crippen LogP) is 3.77. The van der Waals surface area contributed by atoms with E-state index in [0.29, 0.717) is 5.92 Å². The van der Waals surface area contributed by atoms with Gasteiger partial charge in [-0.05, 0) is 43.4 Å². The molecule has 0 spiro atoms. The summed E-state index contributed by atoms with van der Waals surface area (Å²) >= 11 is 3.58. The maximum Gasteiger partial charge on any atom is 0.0469 e. The molecular formula is C15H24BrNO. The molecule has 0 saturated carbocycles. The molecule has 2 nitrogen and oxygen atoms in total. The molecular weight excluding hydrogens is 290 g/mol. The van der Waals surface area contributed by atoms with Crippen molar-refractivity contribution in [3.63, 3.8) is 0 Å². The Morgan fingerprint density at radius 2 is 2.06 bits per heavy atom. The Morgan fingerprint density at radius 3 is 2.72 bits per heavy atom. The molecule has 0 aliphatic heterocycles. The van der Waals surface area contributed by atoms with Crippen molar-refractivity contribution in [3.05, 3.63) is 34.3 Å². The van der Waals surface area contributed by atoms with Crippen molar-refractivity contribution in [2.75, 3.05) is 19.8 Å². The quantitative estimate of drug-likeness (QED) is 0.704. The van der Waals surface area contributed by atoms with Crippen LogP contribution in [0.15, 0.2) is 28.7 Å². The molecule has 0 heterocycles. The minimum absolute atomic E-state index is 0.505. The highest BCUT2D eigenvalue weighted by molar-refractivity contribution is 9.10. The number of ether oxygens (including phenoxy) is 1. The average molecular weight is 314 g/mol. The number of hydrogen-bond donors (Lipinski definition) is 1. The van der Waals surface area contributed by atoms with Crippen LogP contribution >= 0.6 is 15.9 Å². The van der Waals surface area contributed by atoms with Crippen molar-refractivity contribution in [2.24, 2.45) is 11.7 Å². The van der Waals surface area contributed by atoms with E-state index in [0.717, 1.165) is 39.0 Å². The number of halogens is 1. The van der Waals surface area contributed by atoms with Gasteiger partial charge < -0.3 is 10.5 Å². The van der Waals surface area contributed by atoms with Gasteiger partial charge in [0.05, 0.1) is 0 Å². The Kier molecular flexibility index (Phi) is 8.31. The minimum atomic E-state index is 0.505. The van der Waals surface area contributed by atoms with Crippen molar-refractivity contribution in [2.45, 2.75) is 32.6 Å². The van der Waals surface area contributed by atoms with Crippen molar-refractivity contribution in [1.29, 1.82) is 0 Å². The Hall–Kier alpha value is -0.380. The van der Waals surface area contributed by atoms with E-state index in [1.54, 1.807) is 0 Å². The monoisotopic (exact) mass is 313 g/mol. The topological polar surface area (TPSA) is 35.2 Å². The van der Waals surface area contributed by atoms with Crippen LogP contribution in [0.2, 0.25) is 0 Å². The molecule has 1 atom stereocenters. The number of unbranched alkanes of at least 4 members (excludes halogenated alkanes) is 1. The Morgan fingerprint density at radius 1 is 1.28 bits per heavy atom. The van der Waals surface area contributed by atoms with Crippen LogP contribution in [-0.4, -0.2) is 19.8 Å². The molecule has 1 rings (SSSR count). The SMILES string of the molecule is CCCCOCCC(CN)Cc1ccccc1Br. The van der Waals surface area contributed by atoms with Gasteiger partial charge in [-0.25, -0.2) is 0 Å². The van der Waals surface area contributed by atoms with Gasteiger partial charge in [0.1, 0.15) is 0 Å². The molecule has 102 valence electrons. The standard InChI is InChI=1S/C15H24BrNO/c1-2-3-9-18-10-8-13(12-17)11-14-6-4-5-7-15(14)16/h4-7,13H,2-3,8-12,17H2,1H3. The van der Waals surface area contributed by atoms with Crippen LogP contribution in [0.3, 0.4) is 0 Å². The van der Waals surface area contributed by atoms with Crippen LogP contribution in [-0.2, 0) is 11.2 Å². The molecule has 1 aromatic rings. The summed E-state index contributed by atoms with van der Waals surface area (Å²) in [5.41, 5.74) is 7.18. The molecule has 2 N–H and O–H groups in total. The first-order valence-corrected chi connectivity index (χ1v) is 7.58. The van der Waals surface area contributed by atoms with Gasteiger partial charge in [-0.15, -0.1) is 0 Å². The lowest BCUT2D eigenvalue weighted by Gasteiger charge is -2.15. The fraction of sp³-hybridized carbons (Fsp3) is 0.600. The average Bonchev–Trinajstić information content (AvgIpc) is 2.39. The lowest BCUT2D eigenvalue weighted by atomic mass is 9.97. The van der Waals surface area contributed by atoms with Crippen molar-refractivity contribution in [1.82, 2.24) is 0 Å². The van der Waals surface area contributed by atoms with Crippen LogP contribution < -0.4 is 5.73 Å². The molecule has 1 unspecified atom stereocenters. The Labute approximate surface area is 119 Å². The van der Waals surface area contributed by atoms with Gasteiger partial charge in [0.15, 0.2) is 0 Å². The highest BCUT2D eigenvalue weighted by atomic mass is 79.9. The second-order valence-corrected chi connectivity index (χ2v) is 5.51. The molecule has 0 aromatic heterocycles. The van der Waals surface area contributed by atoms with Gasteiger partial charge in [0, 0.05) is 17.7 Å². The summed E-state index contributed by atoms with van der Waals surface area (Å²) in [6, 6.07) is 8.36. The molecule has 0 aliphatic rings. The molecule has 1 aromatic carbocycles. The molecule has 3 heteroatoms. The number of rotatable bonds is 9. The minimum Gasteiger partial charge on any atom is -0.381 e. The third-order valence-corrected chi connectivity index (χ3v) is 3.89. The second-order valence-electron chi connectivity index (χ2n) is 4.65. The van der Waals surface area contributed by atoms with Crippen LogP contribution in [0.1, 0.15) is 31.7 Å². The van der Waals surface area contributed by atoms with Gasteiger partial charge in [-0.1, -0.05) is 47.5 Å². The van der Waals surface area contributed by atoms with Crippen LogP contribution in [0.5, 0.6) is 0 Å². The first-order chi connectivity index (χ1) is 8.77. The maximum absolute atomic E-state index is 5.84. The summed E-state index contributed by atoms with van der Waals surface area (Å²) in [6.45, 7) is 4.60. The molecule has 0 fully saturated rings. The van der Waals surface area contributed by atoms with E-state index in [9.17, 15) is 0 Å². The smallest absolute Gasteiger partial charge is 0.0469 e. The van der Waals surface area contributed by atoms with E-state index in [-0.39, 0.29) is 0 Å². The van der Waals surface area contributed by atoms with E-state index in [1.807, 2.05) is 6.07 Å². The fourth-order valence-corrected chi connectivity index (χ4v) is 2.32. The van der Waals surface area contributed by atoms with Crippen LogP contribution in [0, 0.1) is 5.92 Å². The zero-order valence-corrected chi connectivity index (χ0v) is 12.8. The first-order valence-electron chi connectivity index (χ1n) is 6.79.